The van der Waals surface area contributed by atoms with Crippen LogP contribution in [0, 0.1) is 0 Å². The Morgan fingerprint density at radius 2 is 1.95 bits per heavy atom. The molecule has 0 amide bonds. The van der Waals surface area contributed by atoms with Crippen molar-refractivity contribution in [3.63, 3.8) is 0 Å². The molecule has 1 heterocycles. The van der Waals surface area contributed by atoms with E-state index in [2.05, 4.69) is 11.1 Å². The Morgan fingerprint density at radius 3 is 2.86 bits per heavy atom. The topological polar surface area (TPSA) is 30.0 Å². The molecule has 2 nitrogen and oxygen atoms in total. The number of halogens is 1. The van der Waals surface area contributed by atoms with Crippen LogP contribution in [-0.4, -0.2) is 10.8 Å². The van der Waals surface area contributed by atoms with Crippen LogP contribution in [0.2, 0.25) is 5.02 Å². The summed E-state index contributed by atoms with van der Waals surface area (Å²) in [6, 6.07) is 13.6. The zero-order valence-corrected chi connectivity index (χ0v) is 12.5. The van der Waals surface area contributed by atoms with Crippen LogP contribution in [-0.2, 0) is 6.42 Å². The number of carbonyl (C=O) groups is 1. The lowest BCUT2D eigenvalue weighted by Gasteiger charge is -2.00. The molecule has 1 aromatic heterocycles. The third-order valence-corrected chi connectivity index (χ3v) is 4.23. The first kappa shape index (κ1) is 13.2. The Hall–Kier alpha value is -2.45. The quantitative estimate of drug-likeness (QED) is 0.609. The summed E-state index contributed by atoms with van der Waals surface area (Å²) in [4.78, 5) is 16.6. The highest BCUT2D eigenvalue weighted by Gasteiger charge is 2.24. The Labute approximate surface area is 133 Å². The highest BCUT2D eigenvalue weighted by Crippen LogP contribution is 2.30. The van der Waals surface area contributed by atoms with Crippen molar-refractivity contribution in [3.05, 3.63) is 82.1 Å². The van der Waals surface area contributed by atoms with Crippen LogP contribution in [0.5, 0.6) is 0 Å². The van der Waals surface area contributed by atoms with E-state index in [9.17, 15) is 4.79 Å². The van der Waals surface area contributed by atoms with Crippen molar-refractivity contribution in [3.8, 4) is 0 Å². The second-order valence-corrected chi connectivity index (χ2v) is 5.90. The number of ketones is 1. The van der Waals surface area contributed by atoms with Gasteiger partial charge in [0.25, 0.3) is 0 Å². The summed E-state index contributed by atoms with van der Waals surface area (Å²) in [6.07, 6.45) is 6.25. The molecule has 0 saturated carbocycles. The van der Waals surface area contributed by atoms with Gasteiger partial charge in [-0.2, -0.15) is 0 Å². The molecule has 1 aliphatic rings. The highest BCUT2D eigenvalue weighted by molar-refractivity contribution is 6.31. The molecule has 1 aliphatic carbocycles. The van der Waals surface area contributed by atoms with Gasteiger partial charge in [-0.3, -0.25) is 9.78 Å². The van der Waals surface area contributed by atoms with Crippen molar-refractivity contribution in [2.75, 3.05) is 0 Å². The third-order valence-electron chi connectivity index (χ3n) is 3.99. The van der Waals surface area contributed by atoms with Gasteiger partial charge in [0, 0.05) is 40.4 Å². The lowest BCUT2D eigenvalue weighted by Crippen LogP contribution is -1.95. The molecule has 0 spiro atoms. The summed E-state index contributed by atoms with van der Waals surface area (Å²) in [5.41, 5.74) is 3.61. The standard InChI is InChI=1S/C19H12ClNO/c20-17-4-3-14-9-16(19(22)18(14)10-17)8-12-1-2-15-11-21-6-5-13(15)7-12/h1-8,10-11H,9H2/b16-8-. The van der Waals surface area contributed by atoms with Crippen LogP contribution in [0.1, 0.15) is 21.5 Å². The highest BCUT2D eigenvalue weighted by atomic mass is 35.5. The molecule has 0 aliphatic heterocycles. The van der Waals surface area contributed by atoms with E-state index in [0.717, 1.165) is 33.0 Å². The Bertz CT molecular complexity index is 943. The molecule has 4 rings (SSSR count). The van der Waals surface area contributed by atoms with E-state index in [-0.39, 0.29) is 5.78 Å². The van der Waals surface area contributed by atoms with Crippen molar-refractivity contribution in [1.82, 2.24) is 4.98 Å². The van der Waals surface area contributed by atoms with Crippen molar-refractivity contribution in [2.24, 2.45) is 0 Å². The van der Waals surface area contributed by atoms with E-state index in [4.69, 9.17) is 11.6 Å². The fraction of sp³-hybridized carbons (Fsp3) is 0.0526. The number of Topliss-reactive ketones (excluding diaryl/α,β-unsaturated/α-hetero) is 1. The maximum absolute atomic E-state index is 12.5. The minimum absolute atomic E-state index is 0.0762. The van der Waals surface area contributed by atoms with Gasteiger partial charge in [-0.1, -0.05) is 29.8 Å². The molecule has 106 valence electrons. The van der Waals surface area contributed by atoms with Gasteiger partial charge < -0.3 is 0 Å². The molecule has 22 heavy (non-hydrogen) atoms. The summed E-state index contributed by atoms with van der Waals surface area (Å²) in [5, 5.41) is 2.82. The Morgan fingerprint density at radius 1 is 1.05 bits per heavy atom. The first-order valence-corrected chi connectivity index (χ1v) is 7.46. The number of hydrogen-bond donors (Lipinski definition) is 0. The molecule has 0 radical (unpaired) electrons. The number of fused-ring (bicyclic) bond motifs is 2. The first-order valence-electron chi connectivity index (χ1n) is 7.08. The maximum Gasteiger partial charge on any atom is 0.189 e. The van der Waals surface area contributed by atoms with Gasteiger partial charge >= 0.3 is 0 Å². The molecule has 0 saturated heterocycles. The average Bonchev–Trinajstić information content (AvgIpc) is 2.83. The lowest BCUT2D eigenvalue weighted by atomic mass is 10.0. The van der Waals surface area contributed by atoms with Gasteiger partial charge in [0.05, 0.1) is 0 Å². The molecule has 0 fully saturated rings. The summed E-state index contributed by atoms with van der Waals surface area (Å²) in [7, 11) is 0. The molecule has 3 heteroatoms. The second-order valence-electron chi connectivity index (χ2n) is 5.46. The fourth-order valence-electron chi connectivity index (χ4n) is 2.88. The van der Waals surface area contributed by atoms with Gasteiger partial charge in [-0.15, -0.1) is 0 Å². The zero-order valence-electron chi connectivity index (χ0n) is 11.7. The number of benzene rings is 2. The summed E-state index contributed by atoms with van der Waals surface area (Å²) in [6.45, 7) is 0. The predicted molar refractivity (Wildman–Crippen MR) is 89.2 cm³/mol. The molecule has 3 aromatic rings. The largest absolute Gasteiger partial charge is 0.289 e. The van der Waals surface area contributed by atoms with Gasteiger partial charge in [-0.05, 0) is 46.9 Å². The first-order chi connectivity index (χ1) is 10.7. The summed E-state index contributed by atoms with van der Waals surface area (Å²) < 4.78 is 0. The van der Waals surface area contributed by atoms with Crippen LogP contribution in [0.25, 0.3) is 16.8 Å². The SMILES string of the molecule is O=C1/C(=C\c2ccc3cnccc3c2)Cc2ccc(Cl)cc21. The van der Waals surface area contributed by atoms with Crippen molar-refractivity contribution >= 4 is 34.2 Å². The molecule has 0 atom stereocenters. The predicted octanol–water partition coefficient (Wildman–Crippen LogP) is 4.71. The number of carbonyl (C=O) groups excluding carboxylic acids is 1. The van der Waals surface area contributed by atoms with Crippen LogP contribution >= 0.6 is 11.6 Å². The van der Waals surface area contributed by atoms with E-state index in [1.54, 1.807) is 12.3 Å². The average molecular weight is 306 g/mol. The molecular formula is C19H12ClNO. The Balaban J connectivity index is 1.75. The van der Waals surface area contributed by atoms with Gasteiger partial charge in [0.2, 0.25) is 0 Å². The van der Waals surface area contributed by atoms with E-state index in [1.807, 2.05) is 42.6 Å². The van der Waals surface area contributed by atoms with E-state index < -0.39 is 0 Å². The monoisotopic (exact) mass is 305 g/mol. The minimum atomic E-state index is 0.0762. The molecular weight excluding hydrogens is 294 g/mol. The maximum atomic E-state index is 12.5. The normalized spacial score (nSPS) is 15.5. The van der Waals surface area contributed by atoms with Crippen LogP contribution in [0.15, 0.2) is 60.4 Å². The summed E-state index contributed by atoms with van der Waals surface area (Å²) in [5.74, 6) is 0.0762. The molecule has 0 unspecified atom stereocenters. The number of pyridine rings is 1. The number of nitrogens with zero attached hydrogens (tertiary/aromatic N) is 1. The number of allylic oxidation sites excluding steroid dienone is 1. The number of hydrogen-bond acceptors (Lipinski definition) is 2. The third kappa shape index (κ3) is 2.22. The van der Waals surface area contributed by atoms with Crippen LogP contribution in [0.3, 0.4) is 0 Å². The van der Waals surface area contributed by atoms with Crippen LogP contribution < -0.4 is 0 Å². The van der Waals surface area contributed by atoms with E-state index in [1.165, 1.54) is 0 Å². The van der Waals surface area contributed by atoms with Crippen molar-refractivity contribution < 1.29 is 4.79 Å². The van der Waals surface area contributed by atoms with Gasteiger partial charge in [0.15, 0.2) is 5.78 Å². The minimum Gasteiger partial charge on any atom is -0.289 e. The van der Waals surface area contributed by atoms with E-state index >= 15 is 0 Å². The lowest BCUT2D eigenvalue weighted by molar-refractivity contribution is 0.104. The molecule has 0 N–H and O–H groups in total. The van der Waals surface area contributed by atoms with Gasteiger partial charge in [-0.25, -0.2) is 0 Å². The van der Waals surface area contributed by atoms with Crippen molar-refractivity contribution in [1.29, 1.82) is 0 Å². The van der Waals surface area contributed by atoms with Gasteiger partial charge in [0.1, 0.15) is 0 Å². The van der Waals surface area contributed by atoms with E-state index in [0.29, 0.717) is 11.4 Å². The number of rotatable bonds is 1. The second kappa shape index (κ2) is 5.08. The smallest absolute Gasteiger partial charge is 0.189 e. The summed E-state index contributed by atoms with van der Waals surface area (Å²) >= 11 is 5.98. The zero-order chi connectivity index (χ0) is 15.1. The molecule has 0 bridgehead atoms. The van der Waals surface area contributed by atoms with Crippen LogP contribution in [0.4, 0.5) is 0 Å². The Kier molecular flexibility index (Phi) is 3.05. The van der Waals surface area contributed by atoms with Crippen molar-refractivity contribution in [2.45, 2.75) is 6.42 Å². The number of aromatic nitrogens is 1. The fourth-order valence-corrected chi connectivity index (χ4v) is 3.05. The molecule has 2 aromatic carbocycles.